The number of amides is 1. The molecule has 0 fully saturated rings. The predicted octanol–water partition coefficient (Wildman–Crippen LogP) is 3.81. The van der Waals surface area contributed by atoms with Crippen LogP contribution >= 0.6 is 22.9 Å². The van der Waals surface area contributed by atoms with Crippen LogP contribution in [-0.4, -0.2) is 5.91 Å². The molecule has 0 aliphatic carbocycles. The number of halogens is 2. The van der Waals surface area contributed by atoms with Crippen molar-refractivity contribution in [2.45, 2.75) is 13.0 Å². The molecule has 1 aromatic carbocycles. The highest BCUT2D eigenvalue weighted by molar-refractivity contribution is 7.14. The lowest BCUT2D eigenvalue weighted by Crippen LogP contribution is -2.14. The Kier molecular flexibility index (Phi) is 4.07. The summed E-state index contributed by atoms with van der Waals surface area (Å²) in [5.74, 6) is -1.41. The first kappa shape index (κ1) is 13.8. The molecule has 1 heterocycles. The molecule has 0 aliphatic rings. The van der Waals surface area contributed by atoms with Crippen molar-refractivity contribution in [2.75, 3.05) is 5.32 Å². The maximum Gasteiger partial charge on any atom is 0.251 e. The van der Waals surface area contributed by atoms with Gasteiger partial charge in [-0.05, 0) is 42.1 Å². The van der Waals surface area contributed by atoms with E-state index in [0.29, 0.717) is 10.0 Å². The normalized spacial score (nSPS) is 12.2. The molecule has 1 unspecified atom stereocenters. The van der Waals surface area contributed by atoms with Gasteiger partial charge in [-0.1, -0.05) is 11.6 Å². The monoisotopic (exact) mass is 298 g/mol. The topological polar surface area (TPSA) is 55.1 Å². The largest absolute Gasteiger partial charge is 0.378 e. The molecule has 100 valence electrons. The van der Waals surface area contributed by atoms with Crippen molar-refractivity contribution in [3.63, 3.8) is 0 Å². The summed E-state index contributed by atoms with van der Waals surface area (Å²) in [6.07, 6.45) is 0. The number of anilines is 1. The highest BCUT2D eigenvalue weighted by Gasteiger charge is 2.12. The highest BCUT2D eigenvalue weighted by Crippen LogP contribution is 2.27. The van der Waals surface area contributed by atoms with Gasteiger partial charge in [-0.15, -0.1) is 11.3 Å². The molecule has 1 atom stereocenters. The number of hydrogen-bond donors (Lipinski definition) is 2. The molecular formula is C13H12ClFN2OS. The van der Waals surface area contributed by atoms with Crippen molar-refractivity contribution in [3.05, 3.63) is 50.9 Å². The van der Waals surface area contributed by atoms with Crippen molar-refractivity contribution < 1.29 is 9.18 Å². The summed E-state index contributed by atoms with van der Waals surface area (Å²) in [5.41, 5.74) is 6.64. The van der Waals surface area contributed by atoms with Gasteiger partial charge in [-0.2, -0.15) is 0 Å². The van der Waals surface area contributed by atoms with Crippen molar-refractivity contribution in [3.8, 4) is 0 Å². The average molecular weight is 299 g/mol. The maximum atomic E-state index is 13.3. The van der Waals surface area contributed by atoms with Crippen molar-refractivity contribution in [2.24, 2.45) is 5.73 Å². The fraction of sp³-hybridized carbons (Fsp3) is 0.154. The molecule has 0 saturated carbocycles. The van der Waals surface area contributed by atoms with Crippen molar-refractivity contribution in [1.29, 1.82) is 0 Å². The van der Waals surface area contributed by atoms with Gasteiger partial charge in [0.05, 0.1) is 9.90 Å². The third kappa shape index (κ3) is 3.24. The summed E-state index contributed by atoms with van der Waals surface area (Å²) >= 11 is 7.32. The third-order valence-corrected chi connectivity index (χ3v) is 3.81. The fourth-order valence-corrected chi connectivity index (χ4v) is 2.67. The zero-order chi connectivity index (χ0) is 14.0. The minimum absolute atomic E-state index is 0.00469. The van der Waals surface area contributed by atoms with Crippen LogP contribution in [0.5, 0.6) is 0 Å². The van der Waals surface area contributed by atoms with E-state index < -0.39 is 11.7 Å². The van der Waals surface area contributed by atoms with Crippen molar-refractivity contribution >= 4 is 34.5 Å². The van der Waals surface area contributed by atoms with Gasteiger partial charge in [0, 0.05) is 11.7 Å². The molecule has 0 bridgehead atoms. The third-order valence-electron chi connectivity index (χ3n) is 2.70. The molecule has 3 nitrogen and oxygen atoms in total. The Morgan fingerprint density at radius 3 is 2.79 bits per heavy atom. The quantitative estimate of drug-likeness (QED) is 0.901. The van der Waals surface area contributed by atoms with Gasteiger partial charge in [0.1, 0.15) is 5.82 Å². The van der Waals surface area contributed by atoms with Crippen LogP contribution in [0.15, 0.2) is 29.6 Å². The van der Waals surface area contributed by atoms with E-state index in [2.05, 4.69) is 5.32 Å². The lowest BCUT2D eigenvalue weighted by molar-refractivity contribution is 0.0996. The molecule has 0 radical (unpaired) electrons. The number of nitrogens with one attached hydrogen (secondary N) is 1. The van der Waals surface area contributed by atoms with Crippen LogP contribution in [0, 0.1) is 5.82 Å². The van der Waals surface area contributed by atoms with Gasteiger partial charge in [0.2, 0.25) is 0 Å². The first-order valence-corrected chi connectivity index (χ1v) is 6.83. The Balaban J connectivity index is 2.19. The van der Waals surface area contributed by atoms with E-state index >= 15 is 0 Å². The molecule has 19 heavy (non-hydrogen) atoms. The van der Waals surface area contributed by atoms with Gasteiger partial charge in [0.25, 0.3) is 5.91 Å². The smallest absolute Gasteiger partial charge is 0.251 e. The summed E-state index contributed by atoms with van der Waals surface area (Å²) in [6, 6.07) is 6.04. The van der Waals surface area contributed by atoms with Crippen LogP contribution in [-0.2, 0) is 0 Å². The highest BCUT2D eigenvalue weighted by atomic mass is 35.5. The summed E-state index contributed by atoms with van der Waals surface area (Å²) in [4.78, 5) is 11.1. The fourth-order valence-electron chi connectivity index (χ4n) is 1.69. The SMILES string of the molecule is CC(Nc1ccc(F)c(C(N)=O)c1)c1csc(Cl)c1. The summed E-state index contributed by atoms with van der Waals surface area (Å²) in [5, 5.41) is 5.11. The van der Waals surface area contributed by atoms with E-state index in [0.717, 1.165) is 5.56 Å². The summed E-state index contributed by atoms with van der Waals surface area (Å²) in [6.45, 7) is 1.95. The van der Waals surface area contributed by atoms with Gasteiger partial charge >= 0.3 is 0 Å². The Bertz CT molecular complexity index is 614. The molecule has 1 aromatic heterocycles. The van der Waals surface area contributed by atoms with Gasteiger partial charge < -0.3 is 11.1 Å². The first-order chi connectivity index (χ1) is 8.97. The minimum atomic E-state index is -0.785. The second-order valence-electron chi connectivity index (χ2n) is 4.11. The van der Waals surface area contributed by atoms with Gasteiger partial charge in [-0.3, -0.25) is 4.79 Å². The van der Waals surface area contributed by atoms with E-state index in [-0.39, 0.29) is 11.6 Å². The van der Waals surface area contributed by atoms with Crippen LogP contribution in [0.3, 0.4) is 0 Å². The van der Waals surface area contributed by atoms with E-state index in [1.54, 1.807) is 6.07 Å². The zero-order valence-electron chi connectivity index (χ0n) is 10.1. The van der Waals surface area contributed by atoms with Crippen molar-refractivity contribution in [1.82, 2.24) is 0 Å². The molecule has 1 amide bonds. The minimum Gasteiger partial charge on any atom is -0.378 e. The van der Waals surface area contributed by atoms with E-state index in [1.165, 1.54) is 23.5 Å². The lowest BCUT2D eigenvalue weighted by atomic mass is 10.1. The Hall–Kier alpha value is -1.59. The van der Waals surface area contributed by atoms with E-state index in [9.17, 15) is 9.18 Å². The molecule has 0 aliphatic heterocycles. The molecule has 6 heteroatoms. The Morgan fingerprint density at radius 1 is 1.47 bits per heavy atom. The number of hydrogen-bond acceptors (Lipinski definition) is 3. The van der Waals surface area contributed by atoms with Crippen LogP contribution in [0.2, 0.25) is 4.34 Å². The molecule has 2 rings (SSSR count). The molecule has 0 spiro atoms. The number of thiophene rings is 1. The summed E-state index contributed by atoms with van der Waals surface area (Å²) < 4.78 is 14.0. The Labute approximate surface area is 119 Å². The molecule has 2 aromatic rings. The van der Waals surface area contributed by atoms with Gasteiger partial charge in [-0.25, -0.2) is 4.39 Å². The number of nitrogens with two attached hydrogens (primary N) is 1. The second-order valence-corrected chi connectivity index (χ2v) is 5.65. The summed E-state index contributed by atoms with van der Waals surface area (Å²) in [7, 11) is 0. The van der Waals surface area contributed by atoms with Crippen LogP contribution in [0.25, 0.3) is 0 Å². The second kappa shape index (κ2) is 5.59. The first-order valence-electron chi connectivity index (χ1n) is 5.57. The number of primary amides is 1. The average Bonchev–Trinajstić information content (AvgIpc) is 2.78. The Morgan fingerprint density at radius 2 is 2.21 bits per heavy atom. The van der Waals surface area contributed by atoms with Crippen LogP contribution < -0.4 is 11.1 Å². The van der Waals surface area contributed by atoms with Crippen LogP contribution in [0.4, 0.5) is 10.1 Å². The zero-order valence-corrected chi connectivity index (χ0v) is 11.7. The van der Waals surface area contributed by atoms with E-state index in [1.807, 2.05) is 18.4 Å². The maximum absolute atomic E-state index is 13.3. The number of benzene rings is 1. The number of carbonyl (C=O) groups is 1. The lowest BCUT2D eigenvalue weighted by Gasteiger charge is -2.14. The molecule has 3 N–H and O–H groups in total. The predicted molar refractivity (Wildman–Crippen MR) is 76.3 cm³/mol. The van der Waals surface area contributed by atoms with E-state index in [4.69, 9.17) is 17.3 Å². The molecule has 0 saturated heterocycles. The van der Waals surface area contributed by atoms with Gasteiger partial charge in [0.15, 0.2) is 0 Å². The van der Waals surface area contributed by atoms with Crippen LogP contribution in [0.1, 0.15) is 28.9 Å². The number of carbonyl (C=O) groups excluding carboxylic acids is 1. The molecular weight excluding hydrogens is 287 g/mol. The standard InChI is InChI=1S/C13H12ClFN2OS/c1-7(8-4-12(14)19-6-8)17-9-2-3-11(15)10(5-9)13(16)18/h2-7,17H,1H3,(H2,16,18). The number of rotatable bonds is 4.